The van der Waals surface area contributed by atoms with Crippen LogP contribution in [0, 0.1) is 12.7 Å². The molecule has 2 heterocycles. The van der Waals surface area contributed by atoms with Crippen LogP contribution < -0.4 is 5.32 Å². The molecule has 0 radical (unpaired) electrons. The first-order chi connectivity index (χ1) is 15.2. The number of carbonyl (C=O) groups excluding carboxylic acids is 1. The Hall–Kier alpha value is -1.97. The topological polar surface area (TPSA) is 85.5 Å². The number of aromatic nitrogens is 1. The minimum Gasteiger partial charge on any atom is -0.350 e. The van der Waals surface area contributed by atoms with Gasteiger partial charge in [0.05, 0.1) is 11.8 Å². The number of halogens is 1. The minimum atomic E-state index is -3.21. The summed E-state index contributed by atoms with van der Waals surface area (Å²) in [4.78, 5) is 18.3. The zero-order valence-electron chi connectivity index (χ0n) is 19.0. The summed E-state index contributed by atoms with van der Waals surface area (Å²) < 4.78 is 39.9. The van der Waals surface area contributed by atoms with E-state index in [1.807, 2.05) is 13.8 Å². The van der Waals surface area contributed by atoms with Crippen molar-refractivity contribution >= 4 is 26.8 Å². The molecule has 1 saturated heterocycles. The maximum Gasteiger partial charge on any atom is 0.267 e. The number of aryl methyl sites for hydroxylation is 1. The van der Waals surface area contributed by atoms with Crippen LogP contribution in [-0.2, 0) is 10.0 Å². The van der Waals surface area contributed by atoms with Crippen LogP contribution in [0.2, 0.25) is 0 Å². The molecule has 176 valence electrons. The predicted molar refractivity (Wildman–Crippen MR) is 124 cm³/mol. The Morgan fingerprint density at radius 3 is 2.78 bits per heavy atom. The third kappa shape index (κ3) is 4.70. The quantitative estimate of drug-likeness (QED) is 0.688. The molecule has 1 aliphatic carbocycles. The molecule has 4 rings (SSSR count). The highest BCUT2D eigenvalue weighted by Gasteiger charge is 2.36. The maximum atomic E-state index is 14.1. The number of hydrogen-bond donors (Lipinski definition) is 2. The summed E-state index contributed by atoms with van der Waals surface area (Å²) in [6.45, 7) is 5.88. The van der Waals surface area contributed by atoms with Crippen LogP contribution in [0.1, 0.15) is 55.1 Å². The van der Waals surface area contributed by atoms with Crippen molar-refractivity contribution in [2.45, 2.75) is 64.1 Å². The molecular formula is C23H33FN4O3S. The average Bonchev–Trinajstić information content (AvgIpc) is 3.39. The highest BCUT2D eigenvalue weighted by molar-refractivity contribution is 7.88. The third-order valence-electron chi connectivity index (χ3n) is 7.03. The van der Waals surface area contributed by atoms with Crippen molar-refractivity contribution < 1.29 is 17.6 Å². The van der Waals surface area contributed by atoms with Gasteiger partial charge in [-0.25, -0.2) is 12.8 Å². The lowest BCUT2D eigenvalue weighted by atomic mass is 9.90. The van der Waals surface area contributed by atoms with Gasteiger partial charge < -0.3 is 10.3 Å². The van der Waals surface area contributed by atoms with Crippen molar-refractivity contribution in [1.29, 1.82) is 0 Å². The van der Waals surface area contributed by atoms with Crippen molar-refractivity contribution in [3.63, 3.8) is 0 Å². The molecule has 7 nitrogen and oxygen atoms in total. The molecule has 0 bridgehead atoms. The van der Waals surface area contributed by atoms with Crippen molar-refractivity contribution in [3.05, 3.63) is 35.3 Å². The smallest absolute Gasteiger partial charge is 0.267 e. The summed E-state index contributed by atoms with van der Waals surface area (Å²) in [5.41, 5.74) is 1.94. The summed E-state index contributed by atoms with van der Waals surface area (Å²) >= 11 is 0. The highest BCUT2D eigenvalue weighted by atomic mass is 32.2. The first kappa shape index (κ1) is 23.2. The fourth-order valence-corrected chi connectivity index (χ4v) is 6.62. The monoisotopic (exact) mass is 464 g/mol. The Labute approximate surface area is 189 Å². The van der Waals surface area contributed by atoms with Crippen molar-refractivity contribution in [1.82, 2.24) is 19.5 Å². The van der Waals surface area contributed by atoms with Gasteiger partial charge in [0.1, 0.15) is 11.5 Å². The van der Waals surface area contributed by atoms with Crippen LogP contribution in [0.5, 0.6) is 0 Å². The molecule has 2 aliphatic rings. The van der Waals surface area contributed by atoms with Gasteiger partial charge >= 0.3 is 0 Å². The van der Waals surface area contributed by atoms with E-state index < -0.39 is 10.0 Å². The van der Waals surface area contributed by atoms with Gasteiger partial charge in [0, 0.05) is 43.1 Å². The van der Waals surface area contributed by atoms with E-state index in [9.17, 15) is 17.6 Å². The molecule has 1 amide bonds. The van der Waals surface area contributed by atoms with Crippen LogP contribution in [0.3, 0.4) is 0 Å². The van der Waals surface area contributed by atoms with Crippen LogP contribution in [-0.4, -0.2) is 72.5 Å². The van der Waals surface area contributed by atoms with E-state index in [0.29, 0.717) is 29.2 Å². The number of likely N-dealkylation sites (tertiary alicyclic amines) is 1. The second-order valence-corrected chi connectivity index (χ2v) is 11.2. The highest BCUT2D eigenvalue weighted by Crippen LogP contribution is 2.29. The van der Waals surface area contributed by atoms with Crippen LogP contribution >= 0.6 is 0 Å². The molecule has 9 heteroatoms. The summed E-state index contributed by atoms with van der Waals surface area (Å²) in [7, 11) is -3.21. The van der Waals surface area contributed by atoms with Gasteiger partial charge in [-0.1, -0.05) is 13.0 Å². The standard InChI is InChI=1S/C23H33FN4O3S/c1-4-28(32(3,30)31)18-10-11-27(14-18)17-7-5-6-16(12-17)25-23(29)21-13-19-20(24)9-8-15(2)22(19)26-21/h8-9,13,16-18,26H,4-7,10-12,14H2,1-3H3,(H,25,29)/t16-,17-,18+/m1/s1. The fourth-order valence-electron chi connectivity index (χ4n) is 5.44. The van der Waals surface area contributed by atoms with E-state index in [2.05, 4.69) is 15.2 Å². The number of amides is 1. The number of likely N-dealkylation sites (N-methyl/N-ethyl adjacent to an activating group) is 1. The van der Waals surface area contributed by atoms with E-state index in [4.69, 9.17) is 0 Å². The predicted octanol–water partition coefficient (Wildman–Crippen LogP) is 3.01. The van der Waals surface area contributed by atoms with E-state index >= 15 is 0 Å². The van der Waals surface area contributed by atoms with Gasteiger partial charge in [-0.3, -0.25) is 9.69 Å². The van der Waals surface area contributed by atoms with Gasteiger partial charge in [-0.15, -0.1) is 0 Å². The van der Waals surface area contributed by atoms with Gasteiger partial charge in [0.25, 0.3) is 5.91 Å². The summed E-state index contributed by atoms with van der Waals surface area (Å²) in [5, 5.41) is 3.57. The SMILES string of the molecule is CCN([C@H]1CCN([C@@H]2CCC[C@@H](NC(=O)c3cc4c(F)ccc(C)c4[nH]3)C2)C1)S(C)(=O)=O. The molecule has 0 unspecified atom stereocenters. The van der Waals surface area contributed by atoms with E-state index in [1.165, 1.54) is 12.3 Å². The number of nitrogens with one attached hydrogen (secondary N) is 2. The van der Waals surface area contributed by atoms with Crippen molar-refractivity contribution in [2.24, 2.45) is 0 Å². The number of nitrogens with zero attached hydrogens (tertiary/aromatic N) is 2. The zero-order chi connectivity index (χ0) is 23.0. The Bertz CT molecular complexity index is 1060. The lowest BCUT2D eigenvalue weighted by molar-refractivity contribution is 0.0897. The Balaban J connectivity index is 1.39. The molecule has 1 aromatic carbocycles. The van der Waals surface area contributed by atoms with Gasteiger partial charge in [0.2, 0.25) is 10.0 Å². The number of sulfonamides is 1. The van der Waals surface area contributed by atoms with Crippen molar-refractivity contribution in [3.8, 4) is 0 Å². The average molecular weight is 465 g/mol. The Kier molecular flexibility index (Phi) is 6.61. The van der Waals surface area contributed by atoms with Crippen LogP contribution in [0.4, 0.5) is 4.39 Å². The molecule has 1 aliphatic heterocycles. The molecule has 2 fully saturated rings. The number of carbonyl (C=O) groups is 1. The molecule has 2 aromatic rings. The zero-order valence-corrected chi connectivity index (χ0v) is 19.8. The van der Waals surface area contributed by atoms with Gasteiger partial charge in [0.15, 0.2) is 0 Å². The number of fused-ring (bicyclic) bond motifs is 1. The molecule has 2 N–H and O–H groups in total. The molecule has 3 atom stereocenters. The minimum absolute atomic E-state index is 0.0226. The molecule has 32 heavy (non-hydrogen) atoms. The molecule has 1 aromatic heterocycles. The lowest BCUT2D eigenvalue weighted by Gasteiger charge is -2.36. The number of H-pyrrole nitrogens is 1. The molecule has 1 saturated carbocycles. The van der Waals surface area contributed by atoms with E-state index in [0.717, 1.165) is 50.8 Å². The normalized spacial score (nSPS) is 25.0. The number of rotatable bonds is 6. The second-order valence-electron chi connectivity index (χ2n) is 9.23. The summed E-state index contributed by atoms with van der Waals surface area (Å²) in [5.74, 6) is -0.545. The summed E-state index contributed by atoms with van der Waals surface area (Å²) in [6, 6.07) is 5.12. The largest absolute Gasteiger partial charge is 0.350 e. The summed E-state index contributed by atoms with van der Waals surface area (Å²) in [6.07, 6.45) is 5.95. The van der Waals surface area contributed by atoms with Crippen LogP contribution in [0.25, 0.3) is 10.9 Å². The first-order valence-corrected chi connectivity index (χ1v) is 13.3. The number of benzene rings is 1. The Morgan fingerprint density at radius 2 is 2.09 bits per heavy atom. The van der Waals surface area contributed by atoms with E-state index in [1.54, 1.807) is 16.4 Å². The number of hydrogen-bond acceptors (Lipinski definition) is 4. The Morgan fingerprint density at radius 1 is 1.31 bits per heavy atom. The maximum absolute atomic E-state index is 14.1. The van der Waals surface area contributed by atoms with E-state index in [-0.39, 0.29) is 23.8 Å². The van der Waals surface area contributed by atoms with Gasteiger partial charge in [-0.2, -0.15) is 4.31 Å². The van der Waals surface area contributed by atoms with Crippen LogP contribution in [0.15, 0.2) is 18.2 Å². The molecule has 0 spiro atoms. The third-order valence-corrected chi connectivity index (χ3v) is 8.44. The van der Waals surface area contributed by atoms with Gasteiger partial charge in [-0.05, 0) is 56.7 Å². The number of aromatic amines is 1. The van der Waals surface area contributed by atoms with Crippen molar-refractivity contribution in [2.75, 3.05) is 25.9 Å². The second kappa shape index (κ2) is 9.11. The first-order valence-electron chi connectivity index (χ1n) is 11.5. The lowest BCUT2D eigenvalue weighted by Crippen LogP contribution is -2.47. The molecular weight excluding hydrogens is 431 g/mol. The fraction of sp³-hybridized carbons (Fsp3) is 0.609.